The maximum atomic E-state index is 4.55. The summed E-state index contributed by atoms with van der Waals surface area (Å²) in [6.45, 7) is 1.93. The molecule has 1 fully saturated rings. The molecule has 5 heteroatoms. The lowest BCUT2D eigenvalue weighted by Gasteiger charge is -2.18. The third-order valence-corrected chi connectivity index (χ3v) is 4.87. The van der Waals surface area contributed by atoms with Crippen molar-refractivity contribution in [3.05, 3.63) is 40.6 Å². The van der Waals surface area contributed by atoms with Gasteiger partial charge in [-0.05, 0) is 47.8 Å². The van der Waals surface area contributed by atoms with Gasteiger partial charge in [-0.25, -0.2) is 9.97 Å². The van der Waals surface area contributed by atoms with Crippen LogP contribution >= 0.6 is 15.9 Å². The van der Waals surface area contributed by atoms with Crippen LogP contribution in [0.4, 0.5) is 17.3 Å². The fourth-order valence-electron chi connectivity index (χ4n) is 3.04. The normalized spacial score (nSPS) is 15.9. The molecule has 0 saturated heterocycles. The number of hydrogen-bond acceptors (Lipinski definition) is 4. The van der Waals surface area contributed by atoms with Gasteiger partial charge in [-0.2, -0.15) is 0 Å². The molecule has 1 aliphatic carbocycles. The minimum atomic E-state index is 0.531. The fraction of sp³-hybridized carbons (Fsp3) is 0.444. The lowest BCUT2D eigenvalue weighted by Crippen LogP contribution is -2.19. The van der Waals surface area contributed by atoms with Crippen molar-refractivity contribution in [2.45, 2.75) is 51.5 Å². The summed E-state index contributed by atoms with van der Waals surface area (Å²) in [5, 5.41) is 6.96. The van der Waals surface area contributed by atoms with Gasteiger partial charge in [-0.3, -0.25) is 0 Å². The molecule has 1 aliphatic rings. The first kappa shape index (κ1) is 16.2. The van der Waals surface area contributed by atoms with Gasteiger partial charge in [0.25, 0.3) is 0 Å². The highest BCUT2D eigenvalue weighted by Crippen LogP contribution is 2.26. The maximum Gasteiger partial charge on any atom is 0.136 e. The first-order valence-electron chi connectivity index (χ1n) is 8.34. The van der Waals surface area contributed by atoms with E-state index < -0.39 is 0 Å². The summed E-state index contributed by atoms with van der Waals surface area (Å²) in [6, 6.07) is 10.6. The molecule has 0 amide bonds. The summed E-state index contributed by atoms with van der Waals surface area (Å²) >= 11 is 3.56. The van der Waals surface area contributed by atoms with Crippen LogP contribution < -0.4 is 10.6 Å². The monoisotopic (exact) mass is 374 g/mol. The van der Waals surface area contributed by atoms with E-state index in [1.54, 1.807) is 0 Å². The predicted octanol–water partition coefficient (Wildman–Crippen LogP) is 5.43. The Morgan fingerprint density at radius 3 is 2.43 bits per heavy atom. The molecular formula is C18H23BrN4. The molecule has 3 rings (SSSR count). The van der Waals surface area contributed by atoms with Crippen molar-refractivity contribution in [2.75, 3.05) is 10.6 Å². The van der Waals surface area contributed by atoms with Crippen LogP contribution in [0.1, 0.15) is 44.3 Å². The third kappa shape index (κ3) is 4.67. The summed E-state index contributed by atoms with van der Waals surface area (Å²) in [6.07, 6.45) is 7.80. The van der Waals surface area contributed by atoms with E-state index in [0.717, 1.165) is 27.6 Å². The Kier molecular flexibility index (Phi) is 5.49. The van der Waals surface area contributed by atoms with Gasteiger partial charge in [0.05, 0.1) is 5.69 Å². The zero-order chi connectivity index (χ0) is 16.1. The van der Waals surface area contributed by atoms with Gasteiger partial charge in [0.15, 0.2) is 0 Å². The van der Waals surface area contributed by atoms with E-state index >= 15 is 0 Å². The molecule has 1 aromatic heterocycles. The number of aryl methyl sites for hydroxylation is 1. The number of para-hydroxylation sites is 1. The first-order valence-corrected chi connectivity index (χ1v) is 9.14. The Labute approximate surface area is 146 Å². The molecule has 2 aromatic rings. The first-order chi connectivity index (χ1) is 11.2. The van der Waals surface area contributed by atoms with E-state index in [0.29, 0.717) is 6.04 Å². The molecule has 1 heterocycles. The van der Waals surface area contributed by atoms with E-state index in [9.17, 15) is 0 Å². The average molecular weight is 375 g/mol. The molecule has 122 valence electrons. The SMILES string of the molecule is Cc1nc(Nc2ccccc2Br)cc(NC2CCCCCC2)n1. The lowest BCUT2D eigenvalue weighted by molar-refractivity contribution is 0.617. The maximum absolute atomic E-state index is 4.55. The highest BCUT2D eigenvalue weighted by atomic mass is 79.9. The van der Waals surface area contributed by atoms with Gasteiger partial charge in [0, 0.05) is 16.6 Å². The number of hydrogen-bond donors (Lipinski definition) is 2. The molecule has 4 nitrogen and oxygen atoms in total. The van der Waals surface area contributed by atoms with Crippen molar-refractivity contribution in [1.29, 1.82) is 0 Å². The Hall–Kier alpha value is -1.62. The molecule has 1 aromatic carbocycles. The summed E-state index contributed by atoms with van der Waals surface area (Å²) in [5.41, 5.74) is 1.01. The fourth-order valence-corrected chi connectivity index (χ4v) is 3.42. The van der Waals surface area contributed by atoms with Crippen molar-refractivity contribution < 1.29 is 0 Å². The second-order valence-corrected chi connectivity index (χ2v) is 6.98. The van der Waals surface area contributed by atoms with Crippen LogP contribution in [0.2, 0.25) is 0 Å². The second-order valence-electron chi connectivity index (χ2n) is 6.12. The third-order valence-electron chi connectivity index (χ3n) is 4.18. The van der Waals surface area contributed by atoms with Gasteiger partial charge < -0.3 is 10.6 Å². The van der Waals surface area contributed by atoms with E-state index in [-0.39, 0.29) is 0 Å². The minimum absolute atomic E-state index is 0.531. The quantitative estimate of drug-likeness (QED) is 0.700. The Morgan fingerprint density at radius 2 is 1.70 bits per heavy atom. The van der Waals surface area contributed by atoms with Crippen molar-refractivity contribution in [2.24, 2.45) is 0 Å². The minimum Gasteiger partial charge on any atom is -0.367 e. The van der Waals surface area contributed by atoms with E-state index in [1.165, 1.54) is 38.5 Å². The summed E-state index contributed by atoms with van der Waals surface area (Å²) in [7, 11) is 0. The molecule has 0 spiro atoms. The Morgan fingerprint density at radius 1 is 1.00 bits per heavy atom. The van der Waals surface area contributed by atoms with Crippen molar-refractivity contribution in [1.82, 2.24) is 9.97 Å². The van der Waals surface area contributed by atoms with Gasteiger partial charge >= 0.3 is 0 Å². The van der Waals surface area contributed by atoms with Gasteiger partial charge in [-0.1, -0.05) is 37.8 Å². The zero-order valence-electron chi connectivity index (χ0n) is 13.5. The number of halogens is 1. The van der Waals surface area contributed by atoms with Crippen LogP contribution in [-0.4, -0.2) is 16.0 Å². The van der Waals surface area contributed by atoms with Crippen LogP contribution in [0.5, 0.6) is 0 Å². The standard InChI is InChI=1S/C18H23BrN4/c1-13-20-17(22-14-8-4-2-3-5-9-14)12-18(21-13)23-16-11-7-6-10-15(16)19/h6-7,10-12,14H,2-5,8-9H2,1H3,(H2,20,21,22,23). The number of anilines is 3. The molecule has 2 N–H and O–H groups in total. The van der Waals surface area contributed by atoms with Crippen molar-refractivity contribution in [3.63, 3.8) is 0 Å². The highest BCUT2D eigenvalue weighted by Gasteiger charge is 2.13. The molecule has 0 aliphatic heterocycles. The van der Waals surface area contributed by atoms with Crippen molar-refractivity contribution in [3.8, 4) is 0 Å². The topological polar surface area (TPSA) is 49.8 Å². The van der Waals surface area contributed by atoms with E-state index in [1.807, 2.05) is 37.3 Å². The highest BCUT2D eigenvalue weighted by molar-refractivity contribution is 9.10. The van der Waals surface area contributed by atoms with Crippen molar-refractivity contribution >= 4 is 33.3 Å². The largest absolute Gasteiger partial charge is 0.367 e. The predicted molar refractivity (Wildman–Crippen MR) is 99.3 cm³/mol. The van der Waals surface area contributed by atoms with Crippen LogP contribution in [0.25, 0.3) is 0 Å². The van der Waals surface area contributed by atoms with E-state index in [4.69, 9.17) is 0 Å². The van der Waals surface area contributed by atoms with Gasteiger partial charge in [0.1, 0.15) is 17.5 Å². The van der Waals surface area contributed by atoms with Crippen LogP contribution in [0, 0.1) is 6.92 Å². The summed E-state index contributed by atoms with van der Waals surface area (Å²) < 4.78 is 1.02. The van der Waals surface area contributed by atoms with Gasteiger partial charge in [0.2, 0.25) is 0 Å². The molecule has 0 bridgehead atoms. The number of nitrogens with one attached hydrogen (secondary N) is 2. The lowest BCUT2D eigenvalue weighted by atomic mass is 10.1. The average Bonchev–Trinajstić information content (AvgIpc) is 2.78. The Balaban J connectivity index is 1.74. The smallest absolute Gasteiger partial charge is 0.136 e. The van der Waals surface area contributed by atoms with Crippen LogP contribution in [0.3, 0.4) is 0 Å². The van der Waals surface area contributed by atoms with E-state index in [2.05, 4.69) is 36.5 Å². The molecular weight excluding hydrogens is 352 g/mol. The molecule has 0 atom stereocenters. The number of benzene rings is 1. The summed E-state index contributed by atoms with van der Waals surface area (Å²) in [5.74, 6) is 2.51. The Bertz CT molecular complexity index is 651. The van der Waals surface area contributed by atoms with Crippen LogP contribution in [-0.2, 0) is 0 Å². The summed E-state index contributed by atoms with van der Waals surface area (Å²) in [4.78, 5) is 9.05. The van der Waals surface area contributed by atoms with Crippen LogP contribution in [0.15, 0.2) is 34.8 Å². The zero-order valence-corrected chi connectivity index (χ0v) is 15.1. The van der Waals surface area contributed by atoms with Gasteiger partial charge in [-0.15, -0.1) is 0 Å². The molecule has 0 unspecified atom stereocenters. The molecule has 1 saturated carbocycles. The molecule has 0 radical (unpaired) electrons. The number of nitrogens with zero attached hydrogens (tertiary/aromatic N) is 2. The second kappa shape index (κ2) is 7.77. The number of rotatable bonds is 4. The molecule has 23 heavy (non-hydrogen) atoms. The number of aromatic nitrogens is 2.